The number of hydrogen-bond acceptors (Lipinski definition) is 4. The standard InChI is InChI=1S/C20H31N5O2/c1-23-8-2-3-18(23)20(27)25-11-6-16(7-12-25)15-4-9-24(10-5-15)19(26)17-13-21-22-14-17/h13-16,18H,2-12H2,1H3,(H,21,22)/t18-/m0/s1. The van der Waals surface area contributed by atoms with E-state index in [0.29, 0.717) is 23.3 Å². The highest BCUT2D eigenvalue weighted by atomic mass is 16.2. The SMILES string of the molecule is CN1CCC[C@H]1C(=O)N1CCC(C2CCN(C(=O)c3cn[nH]c3)CC2)CC1. The molecule has 0 bridgehead atoms. The van der Waals surface area contributed by atoms with Gasteiger partial charge in [0.05, 0.1) is 17.8 Å². The lowest BCUT2D eigenvalue weighted by molar-refractivity contribution is -0.137. The molecule has 4 heterocycles. The molecule has 0 aromatic carbocycles. The van der Waals surface area contributed by atoms with Crippen molar-refractivity contribution in [1.29, 1.82) is 0 Å². The Morgan fingerprint density at radius 2 is 1.59 bits per heavy atom. The van der Waals surface area contributed by atoms with Gasteiger partial charge in [-0.25, -0.2) is 0 Å². The Bertz CT molecular complexity index is 645. The van der Waals surface area contributed by atoms with Gasteiger partial charge >= 0.3 is 0 Å². The number of likely N-dealkylation sites (tertiary alicyclic amines) is 3. The number of nitrogens with one attached hydrogen (secondary N) is 1. The second kappa shape index (κ2) is 8.00. The topological polar surface area (TPSA) is 72.5 Å². The number of nitrogens with zero attached hydrogens (tertiary/aromatic N) is 4. The zero-order chi connectivity index (χ0) is 18.8. The Kier molecular flexibility index (Phi) is 5.48. The number of H-pyrrole nitrogens is 1. The minimum atomic E-state index is 0.0864. The summed E-state index contributed by atoms with van der Waals surface area (Å²) in [6.07, 6.45) is 9.80. The van der Waals surface area contributed by atoms with Gasteiger partial charge in [-0.3, -0.25) is 19.6 Å². The van der Waals surface area contributed by atoms with Crippen LogP contribution in [-0.2, 0) is 4.79 Å². The summed E-state index contributed by atoms with van der Waals surface area (Å²) in [4.78, 5) is 31.5. The van der Waals surface area contributed by atoms with Crippen molar-refractivity contribution in [3.63, 3.8) is 0 Å². The number of rotatable bonds is 3. The maximum atomic E-state index is 12.8. The molecule has 0 spiro atoms. The van der Waals surface area contributed by atoms with Crippen molar-refractivity contribution in [3.8, 4) is 0 Å². The summed E-state index contributed by atoms with van der Waals surface area (Å²) in [7, 11) is 2.07. The minimum absolute atomic E-state index is 0.0864. The predicted molar refractivity (Wildman–Crippen MR) is 102 cm³/mol. The van der Waals surface area contributed by atoms with Gasteiger partial charge < -0.3 is 9.80 Å². The Labute approximate surface area is 161 Å². The number of carbonyl (C=O) groups excluding carboxylic acids is 2. The Hall–Kier alpha value is -1.89. The van der Waals surface area contributed by atoms with Gasteiger partial charge in [0.25, 0.3) is 5.91 Å². The normalized spacial score (nSPS) is 25.9. The van der Waals surface area contributed by atoms with Crippen molar-refractivity contribution < 1.29 is 9.59 Å². The summed E-state index contributed by atoms with van der Waals surface area (Å²) in [5, 5.41) is 6.59. The fourth-order valence-electron chi connectivity index (χ4n) is 5.15. The molecule has 7 heteroatoms. The van der Waals surface area contributed by atoms with Crippen LogP contribution in [0.4, 0.5) is 0 Å². The van der Waals surface area contributed by atoms with Crippen molar-refractivity contribution >= 4 is 11.8 Å². The highest BCUT2D eigenvalue weighted by Crippen LogP contribution is 2.33. The van der Waals surface area contributed by atoms with Crippen molar-refractivity contribution in [2.75, 3.05) is 39.8 Å². The van der Waals surface area contributed by atoms with Gasteiger partial charge in [0, 0.05) is 32.4 Å². The third-order valence-corrected chi connectivity index (χ3v) is 6.90. The van der Waals surface area contributed by atoms with Crippen LogP contribution in [0.2, 0.25) is 0 Å². The molecular formula is C20H31N5O2. The van der Waals surface area contributed by atoms with E-state index in [1.807, 2.05) is 4.90 Å². The number of likely N-dealkylation sites (N-methyl/N-ethyl adjacent to an activating group) is 1. The first-order valence-electron chi connectivity index (χ1n) is 10.4. The Morgan fingerprint density at radius 1 is 0.963 bits per heavy atom. The summed E-state index contributed by atoms with van der Waals surface area (Å²) in [5.41, 5.74) is 0.650. The number of carbonyl (C=O) groups is 2. The van der Waals surface area contributed by atoms with Crippen LogP contribution < -0.4 is 0 Å². The van der Waals surface area contributed by atoms with Crippen LogP contribution in [-0.4, -0.2) is 82.5 Å². The van der Waals surface area contributed by atoms with Crippen LogP contribution in [0.15, 0.2) is 12.4 Å². The molecule has 27 heavy (non-hydrogen) atoms. The number of hydrogen-bond donors (Lipinski definition) is 1. The highest BCUT2D eigenvalue weighted by Gasteiger charge is 2.35. The Balaban J connectivity index is 1.24. The summed E-state index contributed by atoms with van der Waals surface area (Å²) in [6.45, 7) is 4.52. The van der Waals surface area contributed by atoms with Crippen LogP contribution in [0.25, 0.3) is 0 Å². The quantitative estimate of drug-likeness (QED) is 0.873. The van der Waals surface area contributed by atoms with Gasteiger partial charge in [0.2, 0.25) is 5.91 Å². The molecule has 7 nitrogen and oxygen atoms in total. The first kappa shape index (κ1) is 18.5. The third kappa shape index (κ3) is 3.88. The summed E-state index contributed by atoms with van der Waals surface area (Å²) in [6, 6.07) is 0.110. The second-order valence-electron chi connectivity index (χ2n) is 8.42. The highest BCUT2D eigenvalue weighted by molar-refractivity contribution is 5.93. The minimum Gasteiger partial charge on any atom is -0.341 e. The molecule has 1 aromatic heterocycles. The van der Waals surface area contributed by atoms with Crippen LogP contribution in [0.5, 0.6) is 0 Å². The largest absolute Gasteiger partial charge is 0.341 e. The zero-order valence-corrected chi connectivity index (χ0v) is 16.3. The molecule has 2 amide bonds. The number of aromatic amines is 1. The predicted octanol–water partition coefficient (Wildman–Crippen LogP) is 1.59. The molecule has 0 aliphatic carbocycles. The maximum absolute atomic E-state index is 12.8. The summed E-state index contributed by atoms with van der Waals surface area (Å²) < 4.78 is 0. The molecule has 3 aliphatic heterocycles. The van der Waals surface area contributed by atoms with Gasteiger partial charge in [-0.15, -0.1) is 0 Å². The van der Waals surface area contributed by atoms with E-state index in [-0.39, 0.29) is 11.9 Å². The monoisotopic (exact) mass is 373 g/mol. The maximum Gasteiger partial charge on any atom is 0.257 e. The van der Waals surface area contributed by atoms with Gasteiger partial charge in [-0.05, 0) is 64.0 Å². The van der Waals surface area contributed by atoms with E-state index in [2.05, 4.69) is 27.0 Å². The average Bonchev–Trinajstić information content (AvgIpc) is 3.39. The fourth-order valence-corrected chi connectivity index (χ4v) is 5.15. The lowest BCUT2D eigenvalue weighted by atomic mass is 9.78. The van der Waals surface area contributed by atoms with Crippen molar-refractivity contribution in [2.24, 2.45) is 11.8 Å². The molecule has 1 N–H and O–H groups in total. The average molecular weight is 374 g/mol. The second-order valence-corrected chi connectivity index (χ2v) is 8.42. The van der Waals surface area contributed by atoms with Crippen molar-refractivity contribution in [2.45, 2.75) is 44.6 Å². The van der Waals surface area contributed by atoms with E-state index in [9.17, 15) is 9.59 Å². The van der Waals surface area contributed by atoms with Crippen molar-refractivity contribution in [3.05, 3.63) is 18.0 Å². The number of piperidine rings is 2. The zero-order valence-electron chi connectivity index (χ0n) is 16.3. The lowest BCUT2D eigenvalue weighted by Gasteiger charge is -2.41. The first-order chi connectivity index (χ1) is 13.1. The Morgan fingerprint density at radius 3 is 2.11 bits per heavy atom. The number of amides is 2. The van der Waals surface area contributed by atoms with Crippen LogP contribution in [0.1, 0.15) is 48.9 Å². The first-order valence-corrected chi connectivity index (χ1v) is 10.4. The number of aromatic nitrogens is 2. The molecule has 3 saturated heterocycles. The summed E-state index contributed by atoms with van der Waals surface area (Å²) >= 11 is 0. The van der Waals surface area contributed by atoms with E-state index in [4.69, 9.17) is 0 Å². The molecule has 3 fully saturated rings. The summed E-state index contributed by atoms with van der Waals surface area (Å²) in [5.74, 6) is 1.81. The van der Waals surface area contributed by atoms with Crippen LogP contribution in [0, 0.1) is 11.8 Å². The van der Waals surface area contributed by atoms with Gasteiger partial charge in [-0.2, -0.15) is 5.10 Å². The van der Waals surface area contributed by atoms with E-state index < -0.39 is 0 Å². The molecule has 4 rings (SSSR count). The molecule has 148 valence electrons. The molecule has 0 unspecified atom stereocenters. The molecule has 0 radical (unpaired) electrons. The van der Waals surface area contributed by atoms with E-state index >= 15 is 0 Å². The van der Waals surface area contributed by atoms with E-state index in [1.165, 1.54) is 0 Å². The molecule has 3 aliphatic rings. The van der Waals surface area contributed by atoms with E-state index in [1.54, 1.807) is 12.4 Å². The molecule has 0 saturated carbocycles. The van der Waals surface area contributed by atoms with Gasteiger partial charge in [0.15, 0.2) is 0 Å². The van der Waals surface area contributed by atoms with E-state index in [0.717, 1.165) is 71.2 Å². The van der Waals surface area contributed by atoms with Crippen LogP contribution >= 0.6 is 0 Å². The van der Waals surface area contributed by atoms with Gasteiger partial charge in [0.1, 0.15) is 0 Å². The van der Waals surface area contributed by atoms with Gasteiger partial charge in [-0.1, -0.05) is 0 Å². The van der Waals surface area contributed by atoms with Crippen molar-refractivity contribution in [1.82, 2.24) is 24.9 Å². The van der Waals surface area contributed by atoms with Crippen LogP contribution in [0.3, 0.4) is 0 Å². The smallest absolute Gasteiger partial charge is 0.257 e. The molecule has 1 atom stereocenters. The lowest BCUT2D eigenvalue weighted by Crippen LogP contribution is -2.48. The molecular weight excluding hydrogens is 342 g/mol. The molecule has 1 aromatic rings. The fraction of sp³-hybridized carbons (Fsp3) is 0.750. The third-order valence-electron chi connectivity index (χ3n) is 6.90.